The number of rotatable bonds is 3. The first-order valence-corrected chi connectivity index (χ1v) is 6.55. The monoisotopic (exact) mass is 250 g/mol. The minimum atomic E-state index is -0.118. The Hall–Kier alpha value is -1.33. The molecule has 1 fully saturated rings. The van der Waals surface area contributed by atoms with Crippen LogP contribution in [0.4, 0.5) is 5.69 Å². The van der Waals surface area contributed by atoms with Crippen molar-refractivity contribution < 1.29 is 9.59 Å². The molecule has 0 saturated carbocycles. The zero-order valence-corrected chi connectivity index (χ0v) is 10.3. The van der Waals surface area contributed by atoms with Gasteiger partial charge in [0, 0.05) is 22.9 Å². The zero-order valence-electron chi connectivity index (χ0n) is 9.53. The highest BCUT2D eigenvalue weighted by atomic mass is 32.2. The minimum Gasteiger partial charge on any atom is -0.325 e. The van der Waals surface area contributed by atoms with E-state index in [0.29, 0.717) is 5.56 Å². The highest BCUT2D eigenvalue weighted by Crippen LogP contribution is 2.14. The van der Waals surface area contributed by atoms with Crippen molar-refractivity contribution in [1.29, 1.82) is 0 Å². The quantitative estimate of drug-likeness (QED) is 0.798. The Labute approximate surface area is 104 Å². The number of anilines is 1. The SMILES string of the molecule is CC(=O)c1ccc(NC(=O)C2CSCN2)cc1. The van der Waals surface area contributed by atoms with Gasteiger partial charge in [-0.2, -0.15) is 0 Å². The summed E-state index contributed by atoms with van der Waals surface area (Å²) in [5, 5.41) is 5.93. The number of hydrogen-bond donors (Lipinski definition) is 2. The maximum atomic E-state index is 11.8. The number of nitrogens with one attached hydrogen (secondary N) is 2. The van der Waals surface area contributed by atoms with Crippen molar-refractivity contribution in [2.45, 2.75) is 13.0 Å². The van der Waals surface area contributed by atoms with E-state index in [9.17, 15) is 9.59 Å². The average Bonchev–Trinajstić information content (AvgIpc) is 2.83. The van der Waals surface area contributed by atoms with Gasteiger partial charge in [0.1, 0.15) is 0 Å². The molecule has 1 aromatic carbocycles. The largest absolute Gasteiger partial charge is 0.325 e. The molecule has 0 radical (unpaired) electrons. The molecule has 0 aliphatic carbocycles. The molecule has 1 aliphatic heterocycles. The second-order valence-corrected chi connectivity index (χ2v) is 4.92. The first kappa shape index (κ1) is 12.1. The van der Waals surface area contributed by atoms with Crippen molar-refractivity contribution in [2.24, 2.45) is 0 Å². The lowest BCUT2D eigenvalue weighted by atomic mass is 10.1. The van der Waals surface area contributed by atoms with Crippen molar-refractivity contribution >= 4 is 29.1 Å². The topological polar surface area (TPSA) is 58.2 Å². The van der Waals surface area contributed by atoms with Crippen LogP contribution in [0.1, 0.15) is 17.3 Å². The molecule has 17 heavy (non-hydrogen) atoms. The molecule has 0 aromatic heterocycles. The lowest BCUT2D eigenvalue weighted by molar-refractivity contribution is -0.117. The lowest BCUT2D eigenvalue weighted by Gasteiger charge is -2.10. The van der Waals surface area contributed by atoms with Crippen LogP contribution in [0.25, 0.3) is 0 Å². The Kier molecular flexibility index (Phi) is 3.81. The molecule has 1 unspecified atom stereocenters. The Morgan fingerprint density at radius 1 is 1.35 bits per heavy atom. The van der Waals surface area contributed by atoms with Crippen LogP contribution in [0.5, 0.6) is 0 Å². The van der Waals surface area contributed by atoms with Gasteiger partial charge >= 0.3 is 0 Å². The third-order valence-corrected chi connectivity index (χ3v) is 3.53. The molecule has 2 N–H and O–H groups in total. The molecule has 90 valence electrons. The predicted octanol–water partition coefficient (Wildman–Crippen LogP) is 1.49. The van der Waals surface area contributed by atoms with Crippen LogP contribution < -0.4 is 10.6 Å². The van der Waals surface area contributed by atoms with Gasteiger partial charge in [0.2, 0.25) is 5.91 Å². The normalized spacial score (nSPS) is 19.0. The molecule has 0 spiro atoms. The van der Waals surface area contributed by atoms with Crippen molar-refractivity contribution in [3.05, 3.63) is 29.8 Å². The van der Waals surface area contributed by atoms with E-state index in [0.717, 1.165) is 17.3 Å². The summed E-state index contributed by atoms with van der Waals surface area (Å²) >= 11 is 1.71. The van der Waals surface area contributed by atoms with Gasteiger partial charge in [-0.25, -0.2) is 0 Å². The van der Waals surface area contributed by atoms with Crippen molar-refractivity contribution in [3.63, 3.8) is 0 Å². The summed E-state index contributed by atoms with van der Waals surface area (Å²) in [6.07, 6.45) is 0. The molecular formula is C12H14N2O2S. The summed E-state index contributed by atoms with van der Waals surface area (Å²) in [7, 11) is 0. The molecule has 1 atom stereocenters. The smallest absolute Gasteiger partial charge is 0.242 e. The number of carbonyl (C=O) groups excluding carboxylic acids is 2. The summed E-state index contributed by atoms with van der Waals surface area (Å²) in [6, 6.07) is 6.81. The highest BCUT2D eigenvalue weighted by Gasteiger charge is 2.22. The molecule has 4 nitrogen and oxygen atoms in total. The fourth-order valence-electron chi connectivity index (χ4n) is 1.58. The molecule has 1 heterocycles. The van der Waals surface area contributed by atoms with Gasteiger partial charge < -0.3 is 5.32 Å². The van der Waals surface area contributed by atoms with E-state index in [-0.39, 0.29) is 17.7 Å². The van der Waals surface area contributed by atoms with Crippen LogP contribution >= 0.6 is 11.8 Å². The lowest BCUT2D eigenvalue weighted by Crippen LogP contribution is -2.37. The third-order valence-electron chi connectivity index (χ3n) is 2.59. The van der Waals surface area contributed by atoms with Gasteiger partial charge in [0.25, 0.3) is 0 Å². The number of amides is 1. The van der Waals surface area contributed by atoms with E-state index >= 15 is 0 Å². The van der Waals surface area contributed by atoms with Crippen LogP contribution in [-0.4, -0.2) is 29.4 Å². The van der Waals surface area contributed by atoms with Gasteiger partial charge in [-0.05, 0) is 31.2 Å². The second kappa shape index (κ2) is 5.33. The van der Waals surface area contributed by atoms with E-state index in [1.807, 2.05) is 0 Å². The van der Waals surface area contributed by atoms with Gasteiger partial charge in [0.05, 0.1) is 6.04 Å². The van der Waals surface area contributed by atoms with Crippen LogP contribution in [0, 0.1) is 0 Å². The fraction of sp³-hybridized carbons (Fsp3) is 0.333. The number of ketones is 1. The molecule has 0 bridgehead atoms. The molecule has 5 heteroatoms. The maximum Gasteiger partial charge on any atom is 0.242 e. The van der Waals surface area contributed by atoms with Crippen LogP contribution in [0.15, 0.2) is 24.3 Å². The number of benzene rings is 1. The van der Waals surface area contributed by atoms with E-state index in [1.54, 1.807) is 36.0 Å². The molecular weight excluding hydrogens is 236 g/mol. The summed E-state index contributed by atoms with van der Waals surface area (Å²) in [5.74, 6) is 1.63. The number of thioether (sulfide) groups is 1. The van der Waals surface area contributed by atoms with Gasteiger partial charge in [-0.3, -0.25) is 14.9 Å². The van der Waals surface area contributed by atoms with Gasteiger partial charge in [0.15, 0.2) is 5.78 Å². The summed E-state index contributed by atoms with van der Waals surface area (Å²) in [4.78, 5) is 22.9. The summed E-state index contributed by atoms with van der Waals surface area (Å²) < 4.78 is 0. The fourth-order valence-corrected chi connectivity index (χ4v) is 2.52. The average molecular weight is 250 g/mol. The van der Waals surface area contributed by atoms with Crippen LogP contribution in [-0.2, 0) is 4.79 Å². The summed E-state index contributed by atoms with van der Waals surface area (Å²) in [5.41, 5.74) is 1.37. The Balaban J connectivity index is 1.98. The molecule has 1 aromatic rings. The number of hydrogen-bond acceptors (Lipinski definition) is 4. The molecule has 1 amide bonds. The predicted molar refractivity (Wildman–Crippen MR) is 69.3 cm³/mol. The molecule has 1 aliphatic rings. The summed E-state index contributed by atoms with van der Waals surface area (Å²) in [6.45, 7) is 1.52. The van der Waals surface area contributed by atoms with Gasteiger partial charge in [-0.15, -0.1) is 11.8 Å². The Morgan fingerprint density at radius 2 is 2.06 bits per heavy atom. The van der Waals surface area contributed by atoms with Crippen molar-refractivity contribution in [1.82, 2.24) is 5.32 Å². The van der Waals surface area contributed by atoms with E-state index in [2.05, 4.69) is 10.6 Å². The first-order valence-electron chi connectivity index (χ1n) is 5.40. The standard InChI is InChI=1S/C12H14N2O2S/c1-8(15)9-2-4-10(5-3-9)14-12(16)11-6-17-7-13-11/h2-5,11,13H,6-7H2,1H3,(H,14,16). The minimum absolute atomic E-state index is 0.0226. The molecule has 1 saturated heterocycles. The van der Waals surface area contributed by atoms with Gasteiger partial charge in [-0.1, -0.05) is 0 Å². The van der Waals surface area contributed by atoms with Crippen LogP contribution in [0.2, 0.25) is 0 Å². The van der Waals surface area contributed by atoms with Crippen molar-refractivity contribution in [2.75, 3.05) is 16.9 Å². The van der Waals surface area contributed by atoms with Crippen molar-refractivity contribution in [3.8, 4) is 0 Å². The molecule has 2 rings (SSSR count). The number of carbonyl (C=O) groups is 2. The van der Waals surface area contributed by atoms with E-state index < -0.39 is 0 Å². The number of Topliss-reactive ketones (excluding diaryl/α,β-unsaturated/α-hetero) is 1. The Bertz CT molecular complexity index is 425. The first-order chi connectivity index (χ1) is 8.16. The van der Waals surface area contributed by atoms with E-state index in [4.69, 9.17) is 0 Å². The van der Waals surface area contributed by atoms with Crippen LogP contribution in [0.3, 0.4) is 0 Å². The highest BCUT2D eigenvalue weighted by molar-refractivity contribution is 7.99. The third kappa shape index (κ3) is 3.08. The van der Waals surface area contributed by atoms with E-state index in [1.165, 1.54) is 6.92 Å². The maximum absolute atomic E-state index is 11.8. The Morgan fingerprint density at radius 3 is 2.59 bits per heavy atom. The zero-order chi connectivity index (χ0) is 12.3. The second-order valence-electron chi connectivity index (χ2n) is 3.89.